The van der Waals surface area contributed by atoms with Crippen LogP contribution < -0.4 is 24.9 Å². The fraction of sp³-hybridized carbons (Fsp3) is 0.121. The van der Waals surface area contributed by atoms with Crippen molar-refractivity contribution in [3.8, 4) is 17.1 Å². The van der Waals surface area contributed by atoms with Gasteiger partial charge in [-0.1, -0.05) is 65.4 Å². The third-order valence-corrected chi connectivity index (χ3v) is 8.32. The Morgan fingerprint density at radius 2 is 1.83 bits per heavy atom. The number of hydrogen-bond donors (Lipinski definition) is 1. The summed E-state index contributed by atoms with van der Waals surface area (Å²) in [5, 5.41) is 3.63. The Balaban J connectivity index is 1.45. The molecule has 5 aromatic rings. The van der Waals surface area contributed by atoms with E-state index in [0.717, 1.165) is 16.7 Å². The molecule has 1 amide bonds. The maximum absolute atomic E-state index is 14.0. The molecule has 0 saturated heterocycles. The number of furan rings is 1. The first-order chi connectivity index (χ1) is 20.3. The molecule has 0 radical (unpaired) electrons. The van der Waals surface area contributed by atoms with Crippen molar-refractivity contribution in [3.63, 3.8) is 0 Å². The second-order valence-corrected chi connectivity index (χ2v) is 11.3. The van der Waals surface area contributed by atoms with Crippen LogP contribution in [-0.4, -0.2) is 17.6 Å². The highest BCUT2D eigenvalue weighted by Gasteiger charge is 2.32. The zero-order valence-electron chi connectivity index (χ0n) is 23.1. The number of hydrogen-bond acceptors (Lipinski definition) is 6. The number of anilines is 1. The van der Waals surface area contributed by atoms with Crippen molar-refractivity contribution in [2.45, 2.75) is 19.9 Å². The van der Waals surface area contributed by atoms with Gasteiger partial charge >= 0.3 is 0 Å². The number of amides is 1. The van der Waals surface area contributed by atoms with E-state index in [1.165, 1.54) is 11.3 Å². The summed E-state index contributed by atoms with van der Waals surface area (Å²) in [6, 6.07) is 25.3. The SMILES string of the molecule is COc1ccc([C@H]2C(C(=O)Nc3ccccc3C)=C(C)N=c3sc(=Cc4ccc(-c5cccc(Cl)c5)o4)c(=O)n32)cc1. The number of ether oxygens (including phenoxy) is 1. The summed E-state index contributed by atoms with van der Waals surface area (Å²) in [7, 11) is 1.59. The van der Waals surface area contributed by atoms with Crippen LogP contribution in [0.2, 0.25) is 5.02 Å². The van der Waals surface area contributed by atoms with E-state index >= 15 is 0 Å². The van der Waals surface area contributed by atoms with Gasteiger partial charge in [0.15, 0.2) is 4.80 Å². The van der Waals surface area contributed by atoms with E-state index in [9.17, 15) is 9.59 Å². The number of allylic oxidation sites excluding steroid dienone is 1. The molecule has 1 N–H and O–H groups in total. The van der Waals surface area contributed by atoms with E-state index in [2.05, 4.69) is 5.32 Å². The topological polar surface area (TPSA) is 85.8 Å². The fourth-order valence-electron chi connectivity index (χ4n) is 4.97. The molecule has 3 aromatic carbocycles. The maximum atomic E-state index is 14.0. The van der Waals surface area contributed by atoms with Gasteiger partial charge in [0.2, 0.25) is 0 Å². The monoisotopic (exact) mass is 595 g/mol. The lowest BCUT2D eigenvalue weighted by atomic mass is 9.95. The summed E-state index contributed by atoms with van der Waals surface area (Å²) in [6.45, 7) is 3.73. The Morgan fingerprint density at radius 1 is 1.05 bits per heavy atom. The zero-order valence-corrected chi connectivity index (χ0v) is 24.6. The number of para-hydroxylation sites is 1. The molecular weight excluding hydrogens is 570 g/mol. The predicted octanol–water partition coefficient (Wildman–Crippen LogP) is 6.10. The van der Waals surface area contributed by atoms with Crippen LogP contribution in [0.3, 0.4) is 0 Å². The number of benzene rings is 3. The molecule has 0 fully saturated rings. The molecular formula is C33H26ClN3O4S. The Kier molecular flexibility index (Phi) is 7.41. The van der Waals surface area contributed by atoms with E-state index in [0.29, 0.717) is 48.6 Å². The first-order valence-corrected chi connectivity index (χ1v) is 14.4. The number of nitrogens with one attached hydrogen (secondary N) is 1. The van der Waals surface area contributed by atoms with Gasteiger partial charge in [-0.2, -0.15) is 0 Å². The van der Waals surface area contributed by atoms with Gasteiger partial charge in [-0.3, -0.25) is 14.2 Å². The van der Waals surface area contributed by atoms with Gasteiger partial charge in [0.1, 0.15) is 17.3 Å². The highest BCUT2D eigenvalue weighted by Crippen LogP contribution is 2.32. The standard InChI is InChI=1S/C33H26ClN3O4S/c1-19-7-4-5-10-26(19)36-31(38)29-20(2)35-33-37(30(29)21-11-13-24(40-3)14-12-21)32(39)28(42-33)18-25-15-16-27(41-25)22-8-6-9-23(34)17-22/h4-18,30H,1-3H3,(H,36,38)/t30-/m0/s1. The summed E-state index contributed by atoms with van der Waals surface area (Å²) in [4.78, 5) is 33.0. The van der Waals surface area contributed by atoms with Crippen LogP contribution in [0, 0.1) is 6.92 Å². The van der Waals surface area contributed by atoms with Crippen LogP contribution in [0.5, 0.6) is 5.75 Å². The fourth-order valence-corrected chi connectivity index (χ4v) is 6.19. The first kappa shape index (κ1) is 27.5. The molecule has 210 valence electrons. The molecule has 0 aliphatic carbocycles. The van der Waals surface area contributed by atoms with Gasteiger partial charge in [-0.15, -0.1) is 0 Å². The van der Waals surface area contributed by atoms with Crippen LogP contribution in [0.15, 0.2) is 110 Å². The molecule has 0 spiro atoms. The molecule has 9 heteroatoms. The van der Waals surface area contributed by atoms with Crippen molar-refractivity contribution in [2.75, 3.05) is 12.4 Å². The average Bonchev–Trinajstić information content (AvgIpc) is 3.58. The molecule has 0 unspecified atom stereocenters. The molecule has 0 bridgehead atoms. The lowest BCUT2D eigenvalue weighted by Crippen LogP contribution is -2.40. The molecule has 6 rings (SSSR count). The summed E-state index contributed by atoms with van der Waals surface area (Å²) in [6.07, 6.45) is 1.70. The number of methoxy groups -OCH3 is 1. The van der Waals surface area contributed by atoms with Gasteiger partial charge in [0, 0.05) is 22.3 Å². The molecule has 0 saturated carbocycles. The number of nitrogens with zero attached hydrogens (tertiary/aromatic N) is 2. The lowest BCUT2D eigenvalue weighted by Gasteiger charge is -2.25. The van der Waals surface area contributed by atoms with Crippen LogP contribution >= 0.6 is 22.9 Å². The zero-order chi connectivity index (χ0) is 29.4. The highest BCUT2D eigenvalue weighted by molar-refractivity contribution is 7.07. The van der Waals surface area contributed by atoms with Crippen molar-refractivity contribution in [2.24, 2.45) is 4.99 Å². The van der Waals surface area contributed by atoms with E-state index in [1.807, 2.05) is 85.8 Å². The van der Waals surface area contributed by atoms with Gasteiger partial charge < -0.3 is 14.5 Å². The van der Waals surface area contributed by atoms with Crippen LogP contribution in [0.4, 0.5) is 5.69 Å². The Labute approximate surface area is 250 Å². The van der Waals surface area contributed by atoms with Crippen molar-refractivity contribution in [1.29, 1.82) is 0 Å². The summed E-state index contributed by atoms with van der Waals surface area (Å²) >= 11 is 7.40. The highest BCUT2D eigenvalue weighted by atomic mass is 35.5. The quantitative estimate of drug-likeness (QED) is 0.257. The van der Waals surface area contributed by atoms with Gasteiger partial charge in [0.05, 0.1) is 29.0 Å². The average molecular weight is 596 g/mol. The summed E-state index contributed by atoms with van der Waals surface area (Å²) in [5.41, 5.74) is 3.88. The normalized spacial score (nSPS) is 14.9. The van der Waals surface area contributed by atoms with Crippen molar-refractivity contribution in [3.05, 3.63) is 138 Å². The largest absolute Gasteiger partial charge is 0.497 e. The molecule has 2 aromatic heterocycles. The van der Waals surface area contributed by atoms with Crippen molar-refractivity contribution in [1.82, 2.24) is 4.57 Å². The third-order valence-electron chi connectivity index (χ3n) is 7.10. The Bertz CT molecular complexity index is 2040. The van der Waals surface area contributed by atoms with Crippen molar-refractivity contribution >= 4 is 40.6 Å². The van der Waals surface area contributed by atoms with Crippen LogP contribution in [0.1, 0.15) is 29.9 Å². The molecule has 3 heterocycles. The molecule has 1 atom stereocenters. The number of fused-ring (bicyclic) bond motifs is 1. The van der Waals surface area contributed by atoms with Crippen molar-refractivity contribution < 1.29 is 13.9 Å². The molecule has 42 heavy (non-hydrogen) atoms. The molecule has 7 nitrogen and oxygen atoms in total. The second-order valence-electron chi connectivity index (χ2n) is 9.84. The number of carbonyl (C=O) groups is 1. The number of rotatable bonds is 6. The minimum atomic E-state index is -0.697. The van der Waals surface area contributed by atoms with Gasteiger partial charge in [0.25, 0.3) is 11.5 Å². The number of aryl methyl sites for hydroxylation is 1. The van der Waals surface area contributed by atoms with Gasteiger partial charge in [-0.25, -0.2) is 4.99 Å². The van der Waals surface area contributed by atoms with Crippen LogP contribution in [-0.2, 0) is 4.79 Å². The molecule has 1 aliphatic heterocycles. The van der Waals surface area contributed by atoms with E-state index < -0.39 is 6.04 Å². The number of aromatic nitrogens is 1. The number of halogens is 1. The first-order valence-electron chi connectivity index (χ1n) is 13.2. The second kappa shape index (κ2) is 11.3. The molecule has 1 aliphatic rings. The van der Waals surface area contributed by atoms with Crippen LogP contribution in [0.25, 0.3) is 17.4 Å². The minimum Gasteiger partial charge on any atom is -0.497 e. The summed E-state index contributed by atoms with van der Waals surface area (Å²) < 4.78 is 13.4. The lowest BCUT2D eigenvalue weighted by molar-refractivity contribution is -0.113. The Hall–Kier alpha value is -4.66. The minimum absolute atomic E-state index is 0.269. The third kappa shape index (κ3) is 5.22. The predicted molar refractivity (Wildman–Crippen MR) is 166 cm³/mol. The number of thiazole rings is 1. The smallest absolute Gasteiger partial charge is 0.271 e. The maximum Gasteiger partial charge on any atom is 0.271 e. The van der Waals surface area contributed by atoms with E-state index in [1.54, 1.807) is 30.7 Å². The van der Waals surface area contributed by atoms with Gasteiger partial charge in [-0.05, 0) is 67.4 Å². The van der Waals surface area contributed by atoms with E-state index in [4.69, 9.17) is 25.7 Å². The summed E-state index contributed by atoms with van der Waals surface area (Å²) in [5.74, 6) is 1.51. The van der Waals surface area contributed by atoms with E-state index in [-0.39, 0.29) is 11.5 Å². The Morgan fingerprint density at radius 3 is 2.57 bits per heavy atom. The number of carbonyl (C=O) groups excluding carboxylic acids is 1.